The Bertz CT molecular complexity index is 1340. The van der Waals surface area contributed by atoms with Gasteiger partial charge in [0.1, 0.15) is 0 Å². The summed E-state index contributed by atoms with van der Waals surface area (Å²) in [6, 6.07) is 14.5. The average Bonchev–Trinajstić information content (AvgIpc) is 3.18. The van der Waals surface area contributed by atoms with Crippen LogP contribution in [0.1, 0.15) is 46.5 Å². The van der Waals surface area contributed by atoms with Crippen LogP contribution in [-0.4, -0.2) is 11.9 Å². The third-order valence-corrected chi connectivity index (χ3v) is 6.95. The molecule has 0 unspecified atom stereocenters. The second-order valence-electron chi connectivity index (χ2n) is 8.35. The summed E-state index contributed by atoms with van der Waals surface area (Å²) < 4.78 is 22.6. The second-order valence-corrected chi connectivity index (χ2v) is 9.93. The molecule has 2 aliphatic rings. The van der Waals surface area contributed by atoms with Gasteiger partial charge in [0.25, 0.3) is 0 Å². The first-order chi connectivity index (χ1) is 15.8. The van der Waals surface area contributed by atoms with Gasteiger partial charge in [-0.15, -0.1) is 0 Å². The first kappa shape index (κ1) is 22.2. The third kappa shape index (κ3) is 3.67. The minimum absolute atomic E-state index is 0.155. The van der Waals surface area contributed by atoms with Crippen LogP contribution in [-0.2, 0) is 42.8 Å². The van der Waals surface area contributed by atoms with E-state index in [1.807, 2.05) is 43.9 Å². The summed E-state index contributed by atoms with van der Waals surface area (Å²) in [5.41, 5.74) is 3.29. The quantitative estimate of drug-likeness (QED) is 0.257. The number of nitrogens with zero attached hydrogens (tertiary/aromatic N) is 1. The van der Waals surface area contributed by atoms with Crippen LogP contribution in [0, 0.1) is 0 Å². The van der Waals surface area contributed by atoms with E-state index in [0.717, 1.165) is 16.7 Å². The molecule has 0 atom stereocenters. The van der Waals surface area contributed by atoms with E-state index in [-0.39, 0.29) is 18.9 Å². The number of benzene rings is 3. The molecule has 0 bridgehead atoms. The standard InChI is InChI=1S/C25H18BrNO5.Pt/c1-25(2)16-8-9-19-14(10-20(28)30-19)21(16)31-22-15(12-27)23(18(26)11-17(22)25)32-24(29)13-6-4-3-5-7-13;/h3-9,11H,10,12H2,1-2H3;. The van der Waals surface area contributed by atoms with E-state index < -0.39 is 11.4 Å². The summed E-state index contributed by atoms with van der Waals surface area (Å²) in [6.45, 7) is 4.48. The van der Waals surface area contributed by atoms with Crippen molar-refractivity contribution in [2.45, 2.75) is 32.2 Å². The number of halogens is 1. The molecule has 2 aliphatic heterocycles. The van der Waals surface area contributed by atoms with Crippen molar-refractivity contribution in [3.05, 3.63) is 80.8 Å². The Morgan fingerprint density at radius 1 is 1.12 bits per heavy atom. The fraction of sp³-hybridized carbons (Fsp3) is 0.200. The Hall–Kier alpha value is -2.63. The molecule has 33 heavy (non-hydrogen) atoms. The Balaban J connectivity index is 1.67. The van der Waals surface area contributed by atoms with Crippen LogP contribution in [0.15, 0.2) is 56.5 Å². The van der Waals surface area contributed by atoms with Crippen molar-refractivity contribution in [1.82, 2.24) is 0 Å². The average molecular weight is 687 g/mol. The summed E-state index contributed by atoms with van der Waals surface area (Å²) in [7, 11) is 0. The first-order valence-electron chi connectivity index (χ1n) is 10.2. The number of fused-ring (bicyclic) bond motifs is 4. The van der Waals surface area contributed by atoms with Crippen molar-refractivity contribution in [2.75, 3.05) is 0 Å². The van der Waals surface area contributed by atoms with Gasteiger partial charge in [-0.25, -0.2) is 0 Å². The zero-order valence-electron chi connectivity index (χ0n) is 17.7. The van der Waals surface area contributed by atoms with E-state index in [4.69, 9.17) is 14.2 Å². The van der Waals surface area contributed by atoms with Crippen molar-refractivity contribution in [3.8, 4) is 23.0 Å². The molecule has 0 fully saturated rings. The van der Waals surface area contributed by atoms with E-state index >= 15 is 0 Å². The Morgan fingerprint density at radius 2 is 1.88 bits per heavy atom. The van der Waals surface area contributed by atoms with Crippen LogP contribution in [0.25, 0.3) is 0 Å². The maximum atomic E-state index is 12.8. The number of ether oxygens (including phenoxy) is 3. The number of esters is 2. The fourth-order valence-corrected chi connectivity index (χ4v) is 5.22. The normalized spacial score (nSPS) is 15.0. The van der Waals surface area contributed by atoms with Crippen LogP contribution < -0.4 is 14.2 Å². The van der Waals surface area contributed by atoms with E-state index in [1.54, 1.807) is 24.3 Å². The third-order valence-electron chi connectivity index (χ3n) is 6.01. The van der Waals surface area contributed by atoms with Gasteiger partial charge in [-0.1, -0.05) is 0 Å². The van der Waals surface area contributed by atoms with Gasteiger partial charge in [0.05, 0.1) is 0 Å². The van der Waals surface area contributed by atoms with Crippen molar-refractivity contribution in [2.24, 2.45) is 3.50 Å². The van der Waals surface area contributed by atoms with Crippen molar-refractivity contribution in [1.29, 1.82) is 0 Å². The number of hydrogen-bond acceptors (Lipinski definition) is 6. The van der Waals surface area contributed by atoms with Gasteiger partial charge in [-0.05, 0) is 0 Å². The Morgan fingerprint density at radius 3 is 2.61 bits per heavy atom. The van der Waals surface area contributed by atoms with Crippen LogP contribution >= 0.6 is 15.9 Å². The molecule has 0 saturated heterocycles. The van der Waals surface area contributed by atoms with Crippen molar-refractivity contribution in [3.63, 3.8) is 0 Å². The predicted octanol–water partition coefficient (Wildman–Crippen LogP) is 5.79. The molecule has 8 heteroatoms. The SMILES string of the molecule is CC1(C)c2ccc3c(c2Oc2c1cc(Br)c(OC(=O)c1ccccc1)c2C[N]=[Pt])CC(=O)O3. The molecule has 3 aromatic rings. The number of hydrogen-bond donors (Lipinski definition) is 0. The topological polar surface area (TPSA) is 74.2 Å². The molecule has 5 rings (SSSR count). The van der Waals surface area contributed by atoms with E-state index in [9.17, 15) is 9.59 Å². The molecule has 0 spiro atoms. The molecule has 0 amide bonds. The summed E-state index contributed by atoms with van der Waals surface area (Å²) >= 11 is 5.52. The Kier molecular flexibility index (Phi) is 5.58. The molecular weight excluding hydrogens is 669 g/mol. The summed E-state index contributed by atoms with van der Waals surface area (Å²) in [4.78, 5) is 24.8. The van der Waals surface area contributed by atoms with Crippen molar-refractivity contribution < 1.29 is 43.4 Å². The van der Waals surface area contributed by atoms with E-state index in [2.05, 4.69) is 33.3 Å². The first-order valence-corrected chi connectivity index (χ1v) is 12.0. The van der Waals surface area contributed by atoms with Crippen LogP contribution in [0.3, 0.4) is 0 Å². The summed E-state index contributed by atoms with van der Waals surface area (Å²) in [5.74, 6) is 1.31. The molecule has 0 radical (unpaired) electrons. The maximum absolute atomic E-state index is 12.8. The van der Waals surface area contributed by atoms with Gasteiger partial charge in [0.15, 0.2) is 0 Å². The number of rotatable bonds is 4. The number of carbonyl (C=O) groups excluding carboxylic acids is 2. The zero-order valence-corrected chi connectivity index (χ0v) is 21.6. The summed E-state index contributed by atoms with van der Waals surface area (Å²) in [5, 5.41) is 0. The monoisotopic (exact) mass is 686 g/mol. The molecule has 2 heterocycles. The predicted molar refractivity (Wildman–Crippen MR) is 120 cm³/mol. The minimum atomic E-state index is -0.471. The molecule has 0 N–H and O–H groups in total. The van der Waals surface area contributed by atoms with Crippen LogP contribution in [0.2, 0.25) is 0 Å². The molecule has 170 valence electrons. The van der Waals surface area contributed by atoms with Crippen LogP contribution in [0.4, 0.5) is 0 Å². The van der Waals surface area contributed by atoms with Gasteiger partial charge in [0.2, 0.25) is 0 Å². The van der Waals surface area contributed by atoms with Gasteiger partial charge < -0.3 is 0 Å². The molecule has 0 aliphatic carbocycles. The Labute approximate surface area is 210 Å². The van der Waals surface area contributed by atoms with Gasteiger partial charge in [0, 0.05) is 0 Å². The van der Waals surface area contributed by atoms with Gasteiger partial charge >= 0.3 is 211 Å². The van der Waals surface area contributed by atoms with Gasteiger partial charge in [-0.3, -0.25) is 0 Å². The molecule has 3 aromatic carbocycles. The molecule has 0 aromatic heterocycles. The zero-order chi connectivity index (χ0) is 23.3. The second kappa shape index (κ2) is 8.30. The number of carbonyl (C=O) groups is 2. The summed E-state index contributed by atoms with van der Waals surface area (Å²) in [6.07, 6.45) is 0.155. The van der Waals surface area contributed by atoms with Crippen molar-refractivity contribution >= 4 is 27.9 Å². The fourth-order valence-electron chi connectivity index (χ4n) is 4.31. The molecular formula is C25H18BrNO5Pt. The van der Waals surface area contributed by atoms with Gasteiger partial charge in [-0.2, -0.15) is 0 Å². The molecule has 6 nitrogen and oxygen atoms in total. The molecule has 0 saturated carbocycles. The van der Waals surface area contributed by atoms with E-state index in [1.165, 1.54) is 0 Å². The van der Waals surface area contributed by atoms with E-state index in [0.29, 0.717) is 38.6 Å². The van der Waals surface area contributed by atoms with Crippen LogP contribution in [0.5, 0.6) is 23.0 Å².